The van der Waals surface area contributed by atoms with E-state index in [0.717, 1.165) is 12.8 Å². The van der Waals surface area contributed by atoms with Gasteiger partial charge in [0.05, 0.1) is 0 Å². The first-order chi connectivity index (χ1) is 10.8. The Labute approximate surface area is 167 Å². The van der Waals surface area contributed by atoms with E-state index in [2.05, 4.69) is 55.5 Å². The maximum Gasteiger partial charge on any atom is 0.243 e. The fraction of sp³-hybridized carbons (Fsp3) is 0.647. The lowest BCUT2D eigenvalue weighted by atomic mass is 10.2. The fourth-order valence-electron chi connectivity index (χ4n) is 1.94. The smallest absolute Gasteiger partial charge is 0.243 e. The van der Waals surface area contributed by atoms with Gasteiger partial charge in [0.15, 0.2) is 5.96 Å². The molecule has 0 bridgehead atoms. The van der Waals surface area contributed by atoms with Crippen molar-refractivity contribution in [3.63, 3.8) is 0 Å². The fourth-order valence-corrected chi connectivity index (χ4v) is 2.96. The molecule has 1 heterocycles. The van der Waals surface area contributed by atoms with E-state index in [1.54, 1.807) is 19.0 Å². The molecule has 7 heteroatoms. The SMILES string of the molecule is CCC(C)NC(=NCC(=O)N(C)C)NC(C)Cc1ccc(C)s1.I. The molecule has 0 radical (unpaired) electrons. The van der Waals surface area contributed by atoms with Crippen molar-refractivity contribution in [3.8, 4) is 0 Å². The lowest BCUT2D eigenvalue weighted by molar-refractivity contribution is -0.127. The Kier molecular flexibility index (Phi) is 11.3. The average molecular weight is 466 g/mol. The van der Waals surface area contributed by atoms with E-state index in [0.29, 0.717) is 12.0 Å². The third-order valence-corrected chi connectivity index (χ3v) is 4.58. The molecule has 1 aromatic rings. The topological polar surface area (TPSA) is 56.7 Å². The van der Waals surface area contributed by atoms with Crippen molar-refractivity contribution < 1.29 is 4.79 Å². The number of carbonyl (C=O) groups is 1. The molecule has 1 rings (SSSR count). The minimum Gasteiger partial charge on any atom is -0.354 e. The quantitative estimate of drug-likeness (QED) is 0.369. The molecule has 138 valence electrons. The van der Waals surface area contributed by atoms with E-state index in [1.807, 2.05) is 11.3 Å². The standard InChI is InChI=1S/C17H30N4OS.HI/c1-7-12(2)19-17(18-11-16(22)21(5)6)20-13(3)10-15-9-8-14(4)23-15;/h8-9,12-13H,7,10-11H2,1-6H3,(H2,18,19,20);1H. The van der Waals surface area contributed by atoms with Gasteiger partial charge in [-0.15, -0.1) is 35.3 Å². The zero-order valence-electron chi connectivity index (χ0n) is 15.5. The van der Waals surface area contributed by atoms with Gasteiger partial charge in [-0.3, -0.25) is 4.79 Å². The van der Waals surface area contributed by atoms with Crippen LogP contribution in [-0.2, 0) is 11.2 Å². The van der Waals surface area contributed by atoms with E-state index in [-0.39, 0.29) is 42.5 Å². The van der Waals surface area contributed by atoms with Crippen LogP contribution < -0.4 is 10.6 Å². The Bertz CT molecular complexity index is 530. The van der Waals surface area contributed by atoms with Gasteiger partial charge in [-0.1, -0.05) is 6.92 Å². The van der Waals surface area contributed by atoms with E-state index >= 15 is 0 Å². The van der Waals surface area contributed by atoms with Crippen LogP contribution in [0.1, 0.15) is 36.9 Å². The normalized spacial score (nSPS) is 13.7. The zero-order valence-corrected chi connectivity index (χ0v) is 18.7. The minimum atomic E-state index is -0.00298. The molecule has 0 fully saturated rings. The van der Waals surface area contributed by atoms with E-state index in [9.17, 15) is 4.79 Å². The third kappa shape index (κ3) is 8.86. The van der Waals surface area contributed by atoms with Crippen molar-refractivity contribution in [3.05, 3.63) is 21.9 Å². The number of hydrogen-bond donors (Lipinski definition) is 2. The maximum atomic E-state index is 11.7. The molecule has 1 aromatic heterocycles. The number of hydrogen-bond acceptors (Lipinski definition) is 3. The molecule has 0 aliphatic rings. The number of halogens is 1. The minimum absolute atomic E-state index is 0. The molecular weight excluding hydrogens is 435 g/mol. The van der Waals surface area contributed by atoms with Crippen LogP contribution in [-0.4, -0.2) is 49.5 Å². The number of rotatable bonds is 7. The number of carbonyl (C=O) groups excluding carboxylic acids is 1. The monoisotopic (exact) mass is 466 g/mol. The summed E-state index contributed by atoms with van der Waals surface area (Å²) in [5, 5.41) is 6.76. The summed E-state index contributed by atoms with van der Waals surface area (Å²) in [7, 11) is 3.49. The van der Waals surface area contributed by atoms with Crippen molar-refractivity contribution in [1.29, 1.82) is 0 Å². The number of aryl methyl sites for hydroxylation is 1. The van der Waals surface area contributed by atoms with Crippen molar-refractivity contribution in [2.75, 3.05) is 20.6 Å². The highest BCUT2D eigenvalue weighted by Crippen LogP contribution is 2.16. The summed E-state index contributed by atoms with van der Waals surface area (Å²) < 4.78 is 0. The summed E-state index contributed by atoms with van der Waals surface area (Å²) in [6, 6.07) is 4.88. The summed E-state index contributed by atoms with van der Waals surface area (Å²) in [5.41, 5.74) is 0. The first kappa shape index (κ1) is 23.2. The molecule has 0 aromatic carbocycles. The maximum absolute atomic E-state index is 11.7. The van der Waals surface area contributed by atoms with E-state index in [4.69, 9.17) is 0 Å². The van der Waals surface area contributed by atoms with Crippen LogP contribution in [0.3, 0.4) is 0 Å². The molecule has 24 heavy (non-hydrogen) atoms. The summed E-state index contributed by atoms with van der Waals surface area (Å²) >= 11 is 1.82. The van der Waals surface area contributed by atoms with E-state index in [1.165, 1.54) is 9.75 Å². The van der Waals surface area contributed by atoms with Gasteiger partial charge in [-0.2, -0.15) is 0 Å². The average Bonchev–Trinajstić information content (AvgIpc) is 2.88. The van der Waals surface area contributed by atoms with Gasteiger partial charge in [-0.05, 0) is 39.3 Å². The predicted octanol–water partition coefficient (Wildman–Crippen LogP) is 3.03. The molecule has 2 unspecified atom stereocenters. The third-order valence-electron chi connectivity index (χ3n) is 3.55. The van der Waals surface area contributed by atoms with Crippen molar-refractivity contribution in [2.24, 2.45) is 4.99 Å². The molecule has 0 saturated carbocycles. The van der Waals surface area contributed by atoms with Crippen LogP contribution in [0.2, 0.25) is 0 Å². The van der Waals surface area contributed by atoms with Crippen molar-refractivity contribution in [1.82, 2.24) is 15.5 Å². The number of likely N-dealkylation sites (N-methyl/N-ethyl adjacent to an activating group) is 1. The van der Waals surface area contributed by atoms with Gasteiger partial charge in [0.25, 0.3) is 0 Å². The Morgan fingerprint density at radius 3 is 2.38 bits per heavy atom. The first-order valence-corrected chi connectivity index (χ1v) is 8.96. The van der Waals surface area contributed by atoms with Gasteiger partial charge < -0.3 is 15.5 Å². The number of thiophene rings is 1. The molecule has 2 N–H and O–H groups in total. The van der Waals surface area contributed by atoms with Crippen molar-refractivity contribution >= 4 is 47.2 Å². The van der Waals surface area contributed by atoms with Crippen LogP contribution in [0.4, 0.5) is 0 Å². The summed E-state index contributed by atoms with van der Waals surface area (Å²) in [6.07, 6.45) is 1.95. The highest BCUT2D eigenvalue weighted by Gasteiger charge is 2.11. The van der Waals surface area contributed by atoms with Gasteiger partial charge in [0.1, 0.15) is 6.54 Å². The number of guanidine groups is 1. The first-order valence-electron chi connectivity index (χ1n) is 8.14. The summed E-state index contributed by atoms with van der Waals surface area (Å²) in [6.45, 7) is 8.65. The molecule has 2 atom stereocenters. The Balaban J connectivity index is 0.00000529. The largest absolute Gasteiger partial charge is 0.354 e. The van der Waals surface area contributed by atoms with Crippen molar-refractivity contribution in [2.45, 2.75) is 52.6 Å². The Morgan fingerprint density at radius 2 is 1.88 bits per heavy atom. The number of nitrogens with one attached hydrogen (secondary N) is 2. The van der Waals surface area contributed by atoms with Crippen LogP contribution >= 0.6 is 35.3 Å². The Hall–Kier alpha value is -0.830. The second-order valence-corrected chi connectivity index (χ2v) is 7.54. The summed E-state index contributed by atoms with van der Waals surface area (Å²) in [4.78, 5) is 20.4. The second-order valence-electron chi connectivity index (χ2n) is 6.17. The molecule has 5 nitrogen and oxygen atoms in total. The predicted molar refractivity (Wildman–Crippen MR) is 115 cm³/mol. The van der Waals surface area contributed by atoms with Gasteiger partial charge in [0, 0.05) is 42.4 Å². The molecule has 0 spiro atoms. The molecular formula is C17H31IN4OS. The van der Waals surface area contributed by atoms with Crippen LogP contribution in [0.15, 0.2) is 17.1 Å². The lowest BCUT2D eigenvalue weighted by Crippen LogP contribution is -2.46. The molecule has 0 aliphatic heterocycles. The zero-order chi connectivity index (χ0) is 17.4. The Morgan fingerprint density at radius 1 is 1.25 bits per heavy atom. The van der Waals surface area contributed by atoms with Gasteiger partial charge in [-0.25, -0.2) is 4.99 Å². The van der Waals surface area contributed by atoms with Crippen LogP contribution in [0.25, 0.3) is 0 Å². The van der Waals surface area contributed by atoms with Crippen LogP contribution in [0, 0.1) is 6.92 Å². The highest BCUT2D eigenvalue weighted by atomic mass is 127. The molecule has 0 aliphatic carbocycles. The van der Waals surface area contributed by atoms with Gasteiger partial charge >= 0.3 is 0 Å². The van der Waals surface area contributed by atoms with E-state index < -0.39 is 0 Å². The van der Waals surface area contributed by atoms with Crippen LogP contribution in [0.5, 0.6) is 0 Å². The van der Waals surface area contributed by atoms with Gasteiger partial charge in [0.2, 0.25) is 5.91 Å². The highest BCUT2D eigenvalue weighted by molar-refractivity contribution is 14.0. The molecule has 0 saturated heterocycles. The summed E-state index contributed by atoms with van der Waals surface area (Å²) in [5.74, 6) is 0.701. The molecule has 1 amide bonds. The lowest BCUT2D eigenvalue weighted by Gasteiger charge is -2.21. The number of nitrogens with zero attached hydrogens (tertiary/aromatic N) is 2. The number of aliphatic imine (C=N–C) groups is 1. The second kappa shape index (κ2) is 11.7. The number of amides is 1.